The number of fused-ring (bicyclic) bond motifs is 6. The number of aromatic nitrogens is 2. The van der Waals surface area contributed by atoms with Crippen LogP contribution in [-0.4, -0.2) is 15.1 Å². The Kier molecular flexibility index (Phi) is 4.82. The molecule has 0 unspecified atom stereocenters. The number of hydrogen-bond donors (Lipinski definition) is 2. The molecule has 0 saturated carbocycles. The van der Waals surface area contributed by atoms with Gasteiger partial charge in [-0.1, -0.05) is 40.2 Å². The first-order chi connectivity index (χ1) is 14.2. The summed E-state index contributed by atoms with van der Waals surface area (Å²) in [7, 11) is 0. The lowest BCUT2D eigenvalue weighted by atomic mass is 9.92. The maximum absolute atomic E-state index is 10.6. The molecular formula is C24H17Br3N2O. The molecule has 30 heavy (non-hydrogen) atoms. The molecule has 5 rings (SSSR count). The number of hydrogen-bond acceptors (Lipinski definition) is 2. The molecule has 0 radical (unpaired) electrons. The minimum atomic E-state index is -0.916. The fourth-order valence-corrected chi connectivity index (χ4v) is 5.65. The highest BCUT2D eigenvalue weighted by Gasteiger charge is 2.20. The Balaban J connectivity index is 1.94. The summed E-state index contributed by atoms with van der Waals surface area (Å²) in [5.74, 6) is 0.799. The van der Waals surface area contributed by atoms with Gasteiger partial charge < -0.3 is 10.1 Å². The lowest BCUT2D eigenvalue weighted by molar-refractivity contribution is 0.0787. The van der Waals surface area contributed by atoms with E-state index >= 15 is 0 Å². The highest BCUT2D eigenvalue weighted by molar-refractivity contribution is 9.11. The van der Waals surface area contributed by atoms with Crippen molar-refractivity contribution in [3.63, 3.8) is 0 Å². The summed E-state index contributed by atoms with van der Waals surface area (Å²) in [5, 5.41) is 14.9. The van der Waals surface area contributed by atoms with Crippen molar-refractivity contribution in [1.82, 2.24) is 9.97 Å². The molecule has 0 fully saturated rings. The molecule has 0 atom stereocenters. The Hall–Kier alpha value is -1.73. The van der Waals surface area contributed by atoms with E-state index in [0.29, 0.717) is 0 Å². The normalized spacial score (nSPS) is 12.3. The third-order valence-corrected chi connectivity index (χ3v) is 7.24. The first-order valence-electron chi connectivity index (χ1n) is 9.46. The minimum absolute atomic E-state index is 0.799. The number of H-pyrrole nitrogens is 1. The van der Waals surface area contributed by atoms with Gasteiger partial charge in [0.25, 0.3) is 0 Å². The summed E-state index contributed by atoms with van der Waals surface area (Å²) in [4.78, 5) is 8.56. The molecule has 150 valence electrons. The molecule has 0 aliphatic rings. The quantitative estimate of drug-likeness (QED) is 0.205. The molecule has 1 aromatic heterocycles. The van der Waals surface area contributed by atoms with Crippen LogP contribution in [0, 0.1) is 0 Å². The number of rotatable bonds is 2. The Bertz CT molecular complexity index is 1440. The summed E-state index contributed by atoms with van der Waals surface area (Å²) in [6.07, 6.45) is 0. The van der Waals surface area contributed by atoms with Crippen LogP contribution in [0.5, 0.6) is 0 Å². The monoisotopic (exact) mass is 586 g/mol. The van der Waals surface area contributed by atoms with Crippen molar-refractivity contribution in [2.45, 2.75) is 19.4 Å². The van der Waals surface area contributed by atoms with E-state index in [4.69, 9.17) is 4.98 Å². The van der Waals surface area contributed by atoms with Gasteiger partial charge in [-0.25, -0.2) is 4.98 Å². The summed E-state index contributed by atoms with van der Waals surface area (Å²) < 4.78 is 2.95. The van der Waals surface area contributed by atoms with Crippen LogP contribution in [0.3, 0.4) is 0 Å². The van der Waals surface area contributed by atoms with Crippen LogP contribution >= 0.6 is 47.8 Å². The second kappa shape index (κ2) is 7.16. The van der Waals surface area contributed by atoms with E-state index in [1.165, 1.54) is 0 Å². The van der Waals surface area contributed by atoms with E-state index in [2.05, 4.69) is 77.0 Å². The van der Waals surface area contributed by atoms with Crippen LogP contribution in [0.25, 0.3) is 44.0 Å². The van der Waals surface area contributed by atoms with Gasteiger partial charge in [-0.3, -0.25) is 0 Å². The fraction of sp³-hybridized carbons (Fsp3) is 0.125. The molecular weight excluding hydrogens is 572 g/mol. The van der Waals surface area contributed by atoms with E-state index in [1.807, 2.05) is 44.2 Å². The minimum Gasteiger partial charge on any atom is -0.386 e. The average Bonchev–Trinajstić information content (AvgIpc) is 3.12. The molecule has 3 nitrogen and oxygen atoms in total. The number of halogens is 3. The van der Waals surface area contributed by atoms with Gasteiger partial charge in [-0.05, 0) is 92.4 Å². The first-order valence-corrected chi connectivity index (χ1v) is 11.8. The molecule has 2 N–H and O–H groups in total. The molecule has 0 aliphatic carbocycles. The van der Waals surface area contributed by atoms with E-state index in [1.54, 1.807) is 0 Å². The van der Waals surface area contributed by atoms with Gasteiger partial charge in [0.05, 0.1) is 16.6 Å². The van der Waals surface area contributed by atoms with Crippen LogP contribution in [0.4, 0.5) is 0 Å². The van der Waals surface area contributed by atoms with Crippen molar-refractivity contribution in [2.24, 2.45) is 0 Å². The number of imidazole rings is 1. The summed E-state index contributed by atoms with van der Waals surface area (Å²) in [5.41, 5.74) is 2.86. The lowest BCUT2D eigenvalue weighted by Crippen LogP contribution is -2.15. The fourth-order valence-electron chi connectivity index (χ4n) is 3.92. The summed E-state index contributed by atoms with van der Waals surface area (Å²) >= 11 is 10.9. The van der Waals surface area contributed by atoms with Gasteiger partial charge in [0.1, 0.15) is 5.82 Å². The van der Waals surface area contributed by atoms with Crippen LogP contribution in [0.15, 0.2) is 68.0 Å². The predicted molar refractivity (Wildman–Crippen MR) is 135 cm³/mol. The zero-order chi connectivity index (χ0) is 21.2. The Morgan fingerprint density at radius 2 is 1.50 bits per heavy atom. The van der Waals surface area contributed by atoms with Crippen LogP contribution in [0.1, 0.15) is 19.4 Å². The second-order valence-corrected chi connectivity index (χ2v) is 10.5. The van der Waals surface area contributed by atoms with Crippen LogP contribution in [0.2, 0.25) is 0 Å². The standard InChI is InChI=1S/C24H17Br3N2O/c1-24(2,30)12-6-8-14-16(10-12)17-11-13(25)7-9-15(17)22-21(14)28-23(29-22)20-18(26)4-3-5-19(20)27/h3-11,30H,1-2H3,(H,28,29). The number of benzene rings is 4. The summed E-state index contributed by atoms with van der Waals surface area (Å²) in [6.45, 7) is 3.62. The van der Waals surface area contributed by atoms with Gasteiger partial charge in [-0.2, -0.15) is 0 Å². The van der Waals surface area contributed by atoms with Gasteiger partial charge in [0.15, 0.2) is 0 Å². The van der Waals surface area contributed by atoms with Crippen molar-refractivity contribution in [2.75, 3.05) is 0 Å². The van der Waals surface area contributed by atoms with E-state index < -0.39 is 5.60 Å². The molecule has 0 saturated heterocycles. The highest BCUT2D eigenvalue weighted by atomic mass is 79.9. The molecule has 0 amide bonds. The van der Waals surface area contributed by atoms with Crippen molar-refractivity contribution in [3.8, 4) is 11.4 Å². The third kappa shape index (κ3) is 3.21. The number of aliphatic hydroxyl groups is 1. The Morgan fingerprint density at radius 1 is 0.833 bits per heavy atom. The maximum Gasteiger partial charge on any atom is 0.140 e. The SMILES string of the molecule is CC(C)(O)c1ccc2c(c1)c1cc(Br)ccc1c1nc(-c3c(Br)cccc3Br)[nH]c21. The third-order valence-electron chi connectivity index (χ3n) is 5.43. The highest BCUT2D eigenvalue weighted by Crippen LogP contribution is 2.40. The van der Waals surface area contributed by atoms with Crippen molar-refractivity contribution >= 4 is 80.4 Å². The Labute approximate surface area is 198 Å². The van der Waals surface area contributed by atoms with Crippen LogP contribution < -0.4 is 0 Å². The Morgan fingerprint density at radius 3 is 2.20 bits per heavy atom. The van der Waals surface area contributed by atoms with E-state index in [0.717, 1.165) is 62.9 Å². The molecule has 4 aromatic carbocycles. The second-order valence-electron chi connectivity index (χ2n) is 7.91. The van der Waals surface area contributed by atoms with E-state index in [-0.39, 0.29) is 0 Å². The topological polar surface area (TPSA) is 48.9 Å². The first kappa shape index (κ1) is 20.2. The molecule has 1 heterocycles. The number of aromatic amines is 1. The van der Waals surface area contributed by atoms with Crippen molar-refractivity contribution in [3.05, 3.63) is 73.6 Å². The number of nitrogens with zero attached hydrogens (tertiary/aromatic N) is 1. The lowest BCUT2D eigenvalue weighted by Gasteiger charge is -2.19. The average molecular weight is 589 g/mol. The molecule has 6 heteroatoms. The van der Waals surface area contributed by atoms with Gasteiger partial charge in [-0.15, -0.1) is 0 Å². The predicted octanol–water partition coefficient (Wildman–Crippen LogP) is 8.05. The molecule has 0 bridgehead atoms. The van der Waals surface area contributed by atoms with E-state index in [9.17, 15) is 5.11 Å². The maximum atomic E-state index is 10.6. The smallest absolute Gasteiger partial charge is 0.140 e. The van der Waals surface area contributed by atoms with Crippen molar-refractivity contribution < 1.29 is 5.11 Å². The molecule has 0 aliphatic heterocycles. The van der Waals surface area contributed by atoms with Crippen molar-refractivity contribution in [1.29, 1.82) is 0 Å². The molecule has 5 aromatic rings. The zero-order valence-corrected chi connectivity index (χ0v) is 21.0. The largest absolute Gasteiger partial charge is 0.386 e. The van der Waals surface area contributed by atoms with Crippen LogP contribution in [-0.2, 0) is 5.60 Å². The zero-order valence-electron chi connectivity index (χ0n) is 16.2. The summed E-state index contributed by atoms with van der Waals surface area (Å²) in [6, 6.07) is 18.4. The van der Waals surface area contributed by atoms with Gasteiger partial charge >= 0.3 is 0 Å². The number of nitrogens with one attached hydrogen (secondary N) is 1. The molecule has 0 spiro atoms. The van der Waals surface area contributed by atoms with Gasteiger partial charge in [0, 0.05) is 29.8 Å². The van der Waals surface area contributed by atoms with Gasteiger partial charge in [0.2, 0.25) is 0 Å².